The molecule has 0 spiro atoms. The van der Waals surface area contributed by atoms with Crippen LogP contribution in [0.2, 0.25) is 0 Å². The normalized spacial score (nSPS) is 8.82. The number of halogens is 1. The second-order valence-corrected chi connectivity index (χ2v) is 3.27. The predicted octanol–water partition coefficient (Wildman–Crippen LogP) is 1.39. The van der Waals surface area contributed by atoms with Gasteiger partial charge in [0, 0.05) is 17.2 Å². The summed E-state index contributed by atoms with van der Waals surface area (Å²) in [5.41, 5.74) is 1.28. The summed E-state index contributed by atoms with van der Waals surface area (Å²) in [6.45, 7) is 0. The molecule has 0 aromatic heterocycles. The molecule has 1 aromatic carbocycles. The summed E-state index contributed by atoms with van der Waals surface area (Å²) in [7, 11) is 1.27. The van der Waals surface area contributed by atoms with Gasteiger partial charge >= 0.3 is 5.97 Å². The zero-order chi connectivity index (χ0) is 12.7. The third-order valence-corrected chi connectivity index (χ3v) is 2.03. The van der Waals surface area contributed by atoms with E-state index in [1.54, 1.807) is 24.3 Å². The summed E-state index contributed by atoms with van der Waals surface area (Å²) >= 11 is 5.35. The Labute approximate surface area is 104 Å². The van der Waals surface area contributed by atoms with Crippen LogP contribution in [0, 0.1) is 11.8 Å². The van der Waals surface area contributed by atoms with Crippen LogP contribution < -0.4 is 5.32 Å². The van der Waals surface area contributed by atoms with Gasteiger partial charge in [-0.3, -0.25) is 4.79 Å². The molecule has 0 radical (unpaired) electrons. The van der Waals surface area contributed by atoms with Gasteiger partial charge in [-0.25, -0.2) is 4.79 Å². The van der Waals surface area contributed by atoms with Crippen molar-refractivity contribution in [3.8, 4) is 11.8 Å². The summed E-state index contributed by atoms with van der Waals surface area (Å²) in [6, 6.07) is 6.71. The molecule has 0 aliphatic heterocycles. The van der Waals surface area contributed by atoms with E-state index >= 15 is 0 Å². The first-order valence-corrected chi connectivity index (χ1v) is 5.25. The van der Waals surface area contributed by atoms with E-state index in [9.17, 15) is 9.59 Å². The van der Waals surface area contributed by atoms with Crippen molar-refractivity contribution in [3.05, 3.63) is 29.8 Å². The van der Waals surface area contributed by atoms with Gasteiger partial charge in [-0.2, -0.15) is 0 Å². The molecule has 0 heterocycles. The van der Waals surface area contributed by atoms with Crippen LogP contribution in [0.1, 0.15) is 5.56 Å². The van der Waals surface area contributed by atoms with Crippen LogP contribution in [0.3, 0.4) is 0 Å². The summed E-state index contributed by atoms with van der Waals surface area (Å²) in [5, 5.41) is 2.58. The first kappa shape index (κ1) is 13.1. The Balaban J connectivity index is 2.70. The van der Waals surface area contributed by atoms with Crippen molar-refractivity contribution in [2.24, 2.45) is 0 Å². The van der Waals surface area contributed by atoms with Crippen LogP contribution in [0.25, 0.3) is 0 Å². The second-order valence-electron chi connectivity index (χ2n) is 3.00. The van der Waals surface area contributed by atoms with Gasteiger partial charge in [0.05, 0.1) is 7.11 Å². The molecular formula is C12H10ClNO3. The van der Waals surface area contributed by atoms with E-state index in [0.717, 1.165) is 0 Å². The number of hydrogen-bond acceptors (Lipinski definition) is 3. The maximum Gasteiger partial charge on any atom is 0.384 e. The highest BCUT2D eigenvalue weighted by Crippen LogP contribution is 2.08. The van der Waals surface area contributed by atoms with Crippen LogP contribution in [0.4, 0.5) is 5.69 Å². The van der Waals surface area contributed by atoms with Gasteiger partial charge in [-0.05, 0) is 24.3 Å². The lowest BCUT2D eigenvalue weighted by molar-refractivity contribution is -0.133. The molecule has 1 N–H and O–H groups in total. The number of anilines is 1. The molecule has 88 valence electrons. The van der Waals surface area contributed by atoms with Crippen molar-refractivity contribution in [2.75, 3.05) is 18.3 Å². The number of carbonyl (C=O) groups is 2. The second kappa shape index (κ2) is 6.56. The molecule has 0 atom stereocenters. The first-order chi connectivity index (χ1) is 8.15. The average molecular weight is 252 g/mol. The maximum atomic E-state index is 11.0. The van der Waals surface area contributed by atoms with E-state index in [1.165, 1.54) is 7.11 Å². The Morgan fingerprint density at radius 3 is 2.53 bits per heavy atom. The monoisotopic (exact) mass is 251 g/mol. The number of alkyl halides is 1. The topological polar surface area (TPSA) is 55.4 Å². The van der Waals surface area contributed by atoms with Gasteiger partial charge in [0.15, 0.2) is 0 Å². The van der Waals surface area contributed by atoms with Crippen molar-refractivity contribution >= 4 is 29.2 Å². The molecule has 0 aliphatic carbocycles. The number of methoxy groups -OCH3 is 1. The zero-order valence-electron chi connectivity index (χ0n) is 9.12. The number of esters is 1. The molecule has 0 unspecified atom stereocenters. The molecule has 0 saturated heterocycles. The molecule has 0 bridgehead atoms. The molecule has 5 heteroatoms. The summed E-state index contributed by atoms with van der Waals surface area (Å²) < 4.78 is 4.38. The third kappa shape index (κ3) is 4.58. The number of amides is 1. The fourth-order valence-corrected chi connectivity index (χ4v) is 1.07. The number of nitrogens with one attached hydrogen (secondary N) is 1. The Hall–Kier alpha value is -1.99. The first-order valence-electron chi connectivity index (χ1n) is 4.71. The number of hydrogen-bond donors (Lipinski definition) is 1. The minimum atomic E-state index is -0.593. The largest absolute Gasteiger partial charge is 0.459 e. The van der Waals surface area contributed by atoms with E-state index in [0.29, 0.717) is 11.3 Å². The predicted molar refractivity (Wildman–Crippen MR) is 64.7 cm³/mol. The van der Waals surface area contributed by atoms with Crippen molar-refractivity contribution in [2.45, 2.75) is 0 Å². The SMILES string of the molecule is COC(=O)C#Cc1ccc(NC(=O)CCl)cc1. The molecule has 0 saturated carbocycles. The Morgan fingerprint density at radius 2 is 2.00 bits per heavy atom. The van der Waals surface area contributed by atoms with E-state index in [1.807, 2.05) is 0 Å². The maximum absolute atomic E-state index is 11.0. The Morgan fingerprint density at radius 1 is 1.35 bits per heavy atom. The van der Waals surface area contributed by atoms with E-state index in [-0.39, 0.29) is 11.8 Å². The van der Waals surface area contributed by atoms with Crippen LogP contribution in [-0.2, 0) is 14.3 Å². The average Bonchev–Trinajstić information content (AvgIpc) is 2.37. The fraction of sp³-hybridized carbons (Fsp3) is 0.167. The van der Waals surface area contributed by atoms with Gasteiger partial charge in [0.1, 0.15) is 5.88 Å². The van der Waals surface area contributed by atoms with Gasteiger partial charge in [0.25, 0.3) is 0 Å². The van der Waals surface area contributed by atoms with Gasteiger partial charge in [-0.1, -0.05) is 5.92 Å². The van der Waals surface area contributed by atoms with Crippen molar-refractivity contribution in [1.82, 2.24) is 0 Å². The highest BCUT2D eigenvalue weighted by Gasteiger charge is 1.99. The lowest BCUT2D eigenvalue weighted by Crippen LogP contribution is -2.12. The highest BCUT2D eigenvalue weighted by atomic mass is 35.5. The minimum absolute atomic E-state index is 0.0934. The lowest BCUT2D eigenvalue weighted by atomic mass is 10.2. The standard InChI is InChI=1S/C12H10ClNO3/c1-17-12(16)7-4-9-2-5-10(6-3-9)14-11(15)8-13/h2-3,5-6H,8H2,1H3,(H,14,15). The Bertz CT molecular complexity index is 471. The van der Waals surface area contributed by atoms with Crippen molar-refractivity contribution in [1.29, 1.82) is 0 Å². The fourth-order valence-electron chi connectivity index (χ4n) is 1.01. The summed E-state index contributed by atoms with van der Waals surface area (Å²) in [4.78, 5) is 21.8. The molecule has 0 aliphatic rings. The quantitative estimate of drug-likeness (QED) is 0.491. The number of benzene rings is 1. The number of ether oxygens (including phenoxy) is 1. The smallest absolute Gasteiger partial charge is 0.384 e. The van der Waals surface area contributed by atoms with E-state index in [4.69, 9.17) is 11.6 Å². The molecule has 1 rings (SSSR count). The van der Waals surface area contributed by atoms with Crippen LogP contribution in [0.15, 0.2) is 24.3 Å². The van der Waals surface area contributed by atoms with Crippen LogP contribution >= 0.6 is 11.6 Å². The number of carbonyl (C=O) groups excluding carboxylic acids is 2. The van der Waals surface area contributed by atoms with Crippen LogP contribution in [0.5, 0.6) is 0 Å². The van der Waals surface area contributed by atoms with Gasteiger partial charge in [-0.15, -0.1) is 11.6 Å². The van der Waals surface area contributed by atoms with Gasteiger partial charge in [0.2, 0.25) is 5.91 Å². The summed E-state index contributed by atoms with van der Waals surface area (Å²) in [5.74, 6) is 3.96. The zero-order valence-corrected chi connectivity index (χ0v) is 9.88. The molecule has 0 fully saturated rings. The van der Waals surface area contributed by atoms with Crippen LogP contribution in [-0.4, -0.2) is 24.9 Å². The van der Waals surface area contributed by atoms with Crippen molar-refractivity contribution < 1.29 is 14.3 Å². The molecular weight excluding hydrogens is 242 g/mol. The Kier molecular flexibility index (Phi) is 5.05. The minimum Gasteiger partial charge on any atom is -0.459 e. The van der Waals surface area contributed by atoms with E-state index in [2.05, 4.69) is 21.9 Å². The van der Waals surface area contributed by atoms with Crippen molar-refractivity contribution in [3.63, 3.8) is 0 Å². The summed E-state index contributed by atoms with van der Waals surface area (Å²) in [6.07, 6.45) is 0. The highest BCUT2D eigenvalue weighted by molar-refractivity contribution is 6.29. The molecule has 4 nitrogen and oxygen atoms in total. The molecule has 1 aromatic rings. The van der Waals surface area contributed by atoms with E-state index < -0.39 is 5.97 Å². The lowest BCUT2D eigenvalue weighted by Gasteiger charge is -2.01. The molecule has 1 amide bonds. The third-order valence-electron chi connectivity index (χ3n) is 1.78. The molecule has 17 heavy (non-hydrogen) atoms. The van der Waals surface area contributed by atoms with Gasteiger partial charge < -0.3 is 10.1 Å². The number of rotatable bonds is 2.